The summed E-state index contributed by atoms with van der Waals surface area (Å²) in [5, 5.41) is 3.96. The Bertz CT molecular complexity index is 777. The normalized spacial score (nSPS) is 16.5. The van der Waals surface area contributed by atoms with Gasteiger partial charge in [0.1, 0.15) is 11.5 Å². The lowest BCUT2D eigenvalue weighted by Gasteiger charge is -2.28. The lowest BCUT2D eigenvalue weighted by atomic mass is 9.84. The van der Waals surface area contributed by atoms with E-state index in [4.69, 9.17) is 32.7 Å². The van der Waals surface area contributed by atoms with Gasteiger partial charge in [0.15, 0.2) is 0 Å². The molecule has 0 saturated heterocycles. The minimum Gasteiger partial charge on any atom is -0.497 e. The smallest absolute Gasteiger partial charge is 0.225 e. The molecule has 1 N–H and O–H groups in total. The molecule has 6 heteroatoms. The fraction of sp³-hybridized carbons (Fsp3) is 0.235. The molecule has 4 nitrogen and oxygen atoms in total. The number of fused-ring (bicyclic) bond motifs is 1. The minimum absolute atomic E-state index is 0.0798. The van der Waals surface area contributed by atoms with Crippen molar-refractivity contribution < 1.29 is 14.3 Å². The summed E-state index contributed by atoms with van der Waals surface area (Å²) in [5.74, 6) is 0.979. The van der Waals surface area contributed by atoms with E-state index in [1.54, 1.807) is 38.5 Å². The van der Waals surface area contributed by atoms with Gasteiger partial charge in [-0.3, -0.25) is 4.79 Å². The number of nitrogens with one attached hydrogen (secondary N) is 1. The highest BCUT2D eigenvalue weighted by atomic mass is 35.5. The summed E-state index contributed by atoms with van der Waals surface area (Å²) in [4.78, 5) is 12.1. The molecule has 1 amide bonds. The first-order valence-electron chi connectivity index (χ1n) is 7.04. The van der Waals surface area contributed by atoms with Gasteiger partial charge in [-0.1, -0.05) is 29.3 Å². The van der Waals surface area contributed by atoms with E-state index in [2.05, 4.69) is 5.32 Å². The van der Waals surface area contributed by atoms with E-state index in [-0.39, 0.29) is 18.2 Å². The third kappa shape index (κ3) is 2.96. The van der Waals surface area contributed by atoms with Gasteiger partial charge in [0.2, 0.25) is 5.91 Å². The maximum Gasteiger partial charge on any atom is 0.225 e. The average molecular weight is 352 g/mol. The molecule has 0 aliphatic carbocycles. The molecule has 23 heavy (non-hydrogen) atoms. The van der Waals surface area contributed by atoms with Crippen LogP contribution < -0.4 is 14.8 Å². The van der Waals surface area contributed by atoms with Crippen LogP contribution >= 0.6 is 23.2 Å². The van der Waals surface area contributed by atoms with Crippen LogP contribution in [0.5, 0.6) is 11.5 Å². The number of methoxy groups -OCH3 is 2. The molecular weight excluding hydrogens is 337 g/mol. The number of carbonyl (C=O) groups is 1. The summed E-state index contributed by atoms with van der Waals surface area (Å²) >= 11 is 12.3. The van der Waals surface area contributed by atoms with Crippen LogP contribution in [-0.4, -0.2) is 20.1 Å². The molecule has 0 radical (unpaired) electrons. The van der Waals surface area contributed by atoms with E-state index >= 15 is 0 Å². The van der Waals surface area contributed by atoms with Crippen LogP contribution in [0, 0.1) is 0 Å². The van der Waals surface area contributed by atoms with E-state index in [9.17, 15) is 4.79 Å². The van der Waals surface area contributed by atoms with E-state index in [1.807, 2.05) is 6.07 Å². The molecule has 120 valence electrons. The van der Waals surface area contributed by atoms with Crippen LogP contribution in [0.25, 0.3) is 0 Å². The molecule has 0 bridgehead atoms. The largest absolute Gasteiger partial charge is 0.497 e. The van der Waals surface area contributed by atoms with Crippen molar-refractivity contribution in [2.45, 2.75) is 12.3 Å². The molecule has 1 heterocycles. The molecule has 1 aliphatic heterocycles. The molecule has 0 spiro atoms. The van der Waals surface area contributed by atoms with Crippen LogP contribution in [-0.2, 0) is 4.79 Å². The van der Waals surface area contributed by atoms with Gasteiger partial charge in [0.05, 0.1) is 19.9 Å². The summed E-state index contributed by atoms with van der Waals surface area (Å²) in [6.07, 6.45) is 0.289. The standard InChI is InChI=1S/C17H15Cl2NO3/c1-22-10-6-14-17(15(7-10)23-2)12(8-16(21)20-14)11-4-3-9(18)5-13(11)19/h3-7,12H,8H2,1-2H3,(H,20,21)/t12-/m1/s1. The third-order valence-corrected chi connectivity index (χ3v) is 4.48. The number of halogens is 2. The van der Waals surface area contributed by atoms with Crippen LogP contribution in [0.2, 0.25) is 10.0 Å². The second-order valence-electron chi connectivity index (χ2n) is 5.26. The summed E-state index contributed by atoms with van der Waals surface area (Å²) < 4.78 is 10.8. The van der Waals surface area contributed by atoms with Crippen LogP contribution in [0.15, 0.2) is 30.3 Å². The van der Waals surface area contributed by atoms with Gasteiger partial charge in [-0.15, -0.1) is 0 Å². The fourth-order valence-electron chi connectivity index (χ4n) is 2.89. The summed E-state index contributed by atoms with van der Waals surface area (Å²) in [5.41, 5.74) is 2.40. The molecule has 1 aliphatic rings. The number of rotatable bonds is 3. The Morgan fingerprint density at radius 3 is 2.57 bits per heavy atom. The Hall–Kier alpha value is -1.91. The Balaban J connectivity index is 2.20. The highest BCUT2D eigenvalue weighted by Crippen LogP contribution is 2.46. The van der Waals surface area contributed by atoms with Crippen molar-refractivity contribution in [2.24, 2.45) is 0 Å². The van der Waals surface area contributed by atoms with E-state index in [0.717, 1.165) is 11.1 Å². The zero-order chi connectivity index (χ0) is 16.6. The molecule has 0 unspecified atom stereocenters. The van der Waals surface area contributed by atoms with Gasteiger partial charge in [0, 0.05) is 40.1 Å². The van der Waals surface area contributed by atoms with Gasteiger partial charge in [-0.05, 0) is 17.7 Å². The van der Waals surface area contributed by atoms with Gasteiger partial charge >= 0.3 is 0 Å². The van der Waals surface area contributed by atoms with E-state index < -0.39 is 0 Å². The lowest BCUT2D eigenvalue weighted by Crippen LogP contribution is -2.24. The minimum atomic E-state index is -0.204. The molecule has 2 aromatic carbocycles. The number of hydrogen-bond donors (Lipinski definition) is 1. The van der Waals surface area contributed by atoms with E-state index in [1.165, 1.54) is 0 Å². The second-order valence-corrected chi connectivity index (χ2v) is 6.11. The van der Waals surface area contributed by atoms with Crippen LogP contribution in [0.3, 0.4) is 0 Å². The maximum absolute atomic E-state index is 12.1. The van der Waals surface area contributed by atoms with Crippen molar-refractivity contribution in [3.8, 4) is 11.5 Å². The maximum atomic E-state index is 12.1. The topological polar surface area (TPSA) is 47.6 Å². The first-order valence-corrected chi connectivity index (χ1v) is 7.79. The number of carbonyl (C=O) groups excluding carboxylic acids is 1. The molecule has 0 aromatic heterocycles. The number of amides is 1. The fourth-order valence-corrected chi connectivity index (χ4v) is 3.43. The Kier molecular flexibility index (Phi) is 4.37. The second kappa shape index (κ2) is 6.30. The predicted octanol–water partition coefficient (Wildman–Crippen LogP) is 4.48. The SMILES string of the molecule is COc1cc2c(c(OC)c1)[C@@H](c1ccc(Cl)cc1Cl)CC(=O)N2. The average Bonchev–Trinajstić information content (AvgIpc) is 2.52. The Morgan fingerprint density at radius 2 is 1.91 bits per heavy atom. The number of anilines is 1. The lowest BCUT2D eigenvalue weighted by molar-refractivity contribution is -0.116. The molecule has 1 atom stereocenters. The van der Waals surface area contributed by atoms with Crippen molar-refractivity contribution in [3.63, 3.8) is 0 Å². The molecule has 0 saturated carbocycles. The highest BCUT2D eigenvalue weighted by Gasteiger charge is 2.31. The van der Waals surface area contributed by atoms with Crippen molar-refractivity contribution in [3.05, 3.63) is 51.5 Å². The predicted molar refractivity (Wildman–Crippen MR) is 91.1 cm³/mol. The first kappa shape index (κ1) is 16.0. The number of hydrogen-bond acceptors (Lipinski definition) is 3. The van der Waals surface area contributed by atoms with Crippen LogP contribution in [0.1, 0.15) is 23.5 Å². The molecule has 2 aromatic rings. The van der Waals surface area contributed by atoms with Crippen molar-refractivity contribution in [1.82, 2.24) is 0 Å². The van der Waals surface area contributed by atoms with Gasteiger partial charge in [-0.25, -0.2) is 0 Å². The van der Waals surface area contributed by atoms with Gasteiger partial charge in [0.25, 0.3) is 0 Å². The first-order chi connectivity index (χ1) is 11.0. The molecular formula is C17H15Cl2NO3. The quantitative estimate of drug-likeness (QED) is 0.886. The third-order valence-electron chi connectivity index (χ3n) is 3.92. The van der Waals surface area contributed by atoms with Crippen LogP contribution in [0.4, 0.5) is 5.69 Å². The monoisotopic (exact) mass is 351 g/mol. The highest BCUT2D eigenvalue weighted by molar-refractivity contribution is 6.35. The molecule has 3 rings (SSSR count). The molecule has 0 fully saturated rings. The summed E-state index contributed by atoms with van der Waals surface area (Å²) in [6, 6.07) is 8.88. The van der Waals surface area contributed by atoms with Crippen molar-refractivity contribution >= 4 is 34.8 Å². The van der Waals surface area contributed by atoms with E-state index in [0.29, 0.717) is 27.2 Å². The van der Waals surface area contributed by atoms with Gasteiger partial charge in [-0.2, -0.15) is 0 Å². The zero-order valence-corrected chi connectivity index (χ0v) is 14.2. The number of ether oxygens (including phenoxy) is 2. The Labute approximate surface area is 144 Å². The van der Waals surface area contributed by atoms with Gasteiger partial charge < -0.3 is 14.8 Å². The van der Waals surface area contributed by atoms with Crippen molar-refractivity contribution in [2.75, 3.05) is 19.5 Å². The summed E-state index contributed by atoms with van der Waals surface area (Å²) in [6.45, 7) is 0. The number of benzene rings is 2. The Morgan fingerprint density at radius 1 is 1.13 bits per heavy atom. The summed E-state index contributed by atoms with van der Waals surface area (Å²) in [7, 11) is 3.16. The van der Waals surface area contributed by atoms with Crippen molar-refractivity contribution in [1.29, 1.82) is 0 Å². The zero-order valence-electron chi connectivity index (χ0n) is 12.7.